The molecule has 204 valence electrons. The summed E-state index contributed by atoms with van der Waals surface area (Å²) in [5.41, 5.74) is 1.38. The number of amides is 1. The Morgan fingerprint density at radius 1 is 0.946 bits per heavy atom. The van der Waals surface area contributed by atoms with Gasteiger partial charge < -0.3 is 19.5 Å². The predicted molar refractivity (Wildman–Crippen MR) is 148 cm³/mol. The monoisotopic (exact) mass is 595 g/mol. The van der Waals surface area contributed by atoms with E-state index in [1.807, 2.05) is 18.2 Å². The van der Waals surface area contributed by atoms with Gasteiger partial charge in [-0.05, 0) is 73.7 Å². The number of rotatable bonds is 6. The number of carbonyl (C=O) groups excluding carboxylic acids is 1. The van der Waals surface area contributed by atoms with Gasteiger partial charge in [0.05, 0.1) is 4.47 Å². The highest BCUT2D eigenvalue weighted by Crippen LogP contribution is 2.33. The molecular weight excluding hydrogens is 558 g/mol. The predicted octanol–water partition coefficient (Wildman–Crippen LogP) is 3.67. The van der Waals surface area contributed by atoms with Crippen molar-refractivity contribution < 1.29 is 17.9 Å². The number of benzene rings is 1. The minimum Gasteiger partial charge on any atom is -0.489 e. The van der Waals surface area contributed by atoms with Crippen LogP contribution in [-0.2, 0) is 10.2 Å². The van der Waals surface area contributed by atoms with Gasteiger partial charge in [0.15, 0.2) is 0 Å². The largest absolute Gasteiger partial charge is 0.489 e. The molecule has 1 aromatic carbocycles. The number of aromatic nitrogens is 1. The minimum atomic E-state index is -3.45. The van der Waals surface area contributed by atoms with Crippen LogP contribution in [0.2, 0.25) is 0 Å². The van der Waals surface area contributed by atoms with Crippen molar-refractivity contribution in [2.24, 2.45) is 0 Å². The summed E-state index contributed by atoms with van der Waals surface area (Å²) in [4.78, 5) is 20.7. The lowest BCUT2D eigenvalue weighted by molar-refractivity contribution is 0.0688. The van der Waals surface area contributed by atoms with E-state index in [0.717, 1.165) is 66.3 Å². The van der Waals surface area contributed by atoms with Crippen LogP contribution in [0.3, 0.4) is 0 Å². The van der Waals surface area contributed by atoms with Crippen molar-refractivity contribution in [1.29, 1.82) is 0 Å². The van der Waals surface area contributed by atoms with Gasteiger partial charge in [-0.2, -0.15) is 17.0 Å². The van der Waals surface area contributed by atoms with Gasteiger partial charge in [-0.15, -0.1) is 0 Å². The molecule has 0 bridgehead atoms. The maximum absolute atomic E-state index is 13.3. The molecule has 0 unspecified atom stereocenters. The van der Waals surface area contributed by atoms with E-state index in [4.69, 9.17) is 4.74 Å². The summed E-state index contributed by atoms with van der Waals surface area (Å²) >= 11 is 3.64. The Morgan fingerprint density at radius 2 is 1.59 bits per heavy atom. The van der Waals surface area contributed by atoms with Gasteiger partial charge in [0.2, 0.25) is 0 Å². The van der Waals surface area contributed by atoms with E-state index in [1.54, 1.807) is 9.21 Å². The Labute approximate surface area is 228 Å². The summed E-state index contributed by atoms with van der Waals surface area (Å²) in [5, 5.41) is 0.924. The van der Waals surface area contributed by atoms with Crippen LogP contribution in [0, 0.1) is 0 Å². The summed E-state index contributed by atoms with van der Waals surface area (Å²) < 4.78 is 36.3. The van der Waals surface area contributed by atoms with E-state index in [9.17, 15) is 13.2 Å². The second-order valence-corrected chi connectivity index (χ2v) is 13.4. The highest BCUT2D eigenvalue weighted by atomic mass is 79.9. The first kappa shape index (κ1) is 26.9. The van der Waals surface area contributed by atoms with Crippen molar-refractivity contribution in [2.45, 2.75) is 58.1 Å². The molecule has 3 saturated heterocycles. The zero-order valence-corrected chi connectivity index (χ0v) is 24.2. The number of carbonyl (C=O) groups is 1. The van der Waals surface area contributed by atoms with Crippen molar-refractivity contribution in [3.05, 3.63) is 28.4 Å². The number of aromatic amines is 1. The van der Waals surface area contributed by atoms with Crippen LogP contribution in [0.1, 0.15) is 56.4 Å². The molecule has 9 nitrogen and oxygen atoms in total. The van der Waals surface area contributed by atoms with Crippen LogP contribution < -0.4 is 4.74 Å². The van der Waals surface area contributed by atoms with E-state index in [2.05, 4.69) is 39.7 Å². The molecule has 0 atom stereocenters. The molecule has 1 aromatic heterocycles. The molecule has 5 rings (SSSR count). The summed E-state index contributed by atoms with van der Waals surface area (Å²) in [6, 6.07) is 6.38. The van der Waals surface area contributed by atoms with Crippen molar-refractivity contribution in [3.8, 4) is 5.75 Å². The first-order valence-corrected chi connectivity index (χ1v) is 15.7. The molecule has 11 heteroatoms. The van der Waals surface area contributed by atoms with E-state index < -0.39 is 10.2 Å². The van der Waals surface area contributed by atoms with Gasteiger partial charge in [0.25, 0.3) is 16.1 Å². The van der Waals surface area contributed by atoms with Crippen molar-refractivity contribution in [1.82, 2.24) is 23.4 Å². The third-order valence-corrected chi connectivity index (χ3v) is 10.6. The lowest BCUT2D eigenvalue weighted by Gasteiger charge is -2.37. The fraction of sp³-hybridized carbons (Fsp3) is 0.654. The van der Waals surface area contributed by atoms with Crippen LogP contribution in [0.5, 0.6) is 5.75 Å². The lowest BCUT2D eigenvalue weighted by atomic mass is 10.1. The molecule has 37 heavy (non-hydrogen) atoms. The third kappa shape index (κ3) is 5.85. The zero-order valence-electron chi connectivity index (χ0n) is 21.8. The first-order valence-electron chi connectivity index (χ1n) is 13.5. The molecule has 0 saturated carbocycles. The molecule has 0 aliphatic carbocycles. The Bertz CT molecular complexity index is 1210. The van der Waals surface area contributed by atoms with Crippen molar-refractivity contribution >= 4 is 42.9 Å². The molecule has 1 N–H and O–H groups in total. The standard InChI is InChI=1S/C26H38BrN5O4S/c1-19(2)29-10-6-21(7-11-29)36-25-17-20-16-24(28-23(20)18-22(25)27)26(33)30-12-14-32(15-13-30)37(34,35)31-8-4-3-5-9-31/h16-19,21,28H,3-15H2,1-2H3. The van der Waals surface area contributed by atoms with Gasteiger partial charge >= 0.3 is 0 Å². The Kier molecular flexibility index (Phi) is 8.16. The third-order valence-electron chi connectivity index (χ3n) is 7.90. The Hall–Kier alpha value is -1.66. The molecule has 1 amide bonds. The van der Waals surface area contributed by atoms with Gasteiger partial charge in [-0.3, -0.25) is 4.79 Å². The van der Waals surface area contributed by atoms with Crippen LogP contribution in [-0.4, -0.2) is 102 Å². The SMILES string of the molecule is CC(C)N1CCC(Oc2cc3cc(C(=O)N4CCN(S(=O)(=O)N5CCCCC5)CC4)[nH]c3cc2Br)CC1. The zero-order chi connectivity index (χ0) is 26.2. The number of piperazine rings is 1. The molecule has 4 heterocycles. The minimum absolute atomic E-state index is 0.106. The van der Waals surface area contributed by atoms with Crippen molar-refractivity contribution in [3.63, 3.8) is 0 Å². The first-order chi connectivity index (χ1) is 17.7. The molecule has 3 aliphatic rings. The van der Waals surface area contributed by atoms with E-state index in [1.165, 1.54) is 4.31 Å². The summed E-state index contributed by atoms with van der Waals surface area (Å²) in [6.45, 7) is 9.14. The van der Waals surface area contributed by atoms with E-state index in [-0.39, 0.29) is 12.0 Å². The Balaban J connectivity index is 1.22. The summed E-state index contributed by atoms with van der Waals surface area (Å²) in [7, 11) is -3.45. The number of fused-ring (bicyclic) bond motifs is 1. The highest BCUT2D eigenvalue weighted by Gasteiger charge is 2.34. The number of nitrogens with zero attached hydrogens (tertiary/aromatic N) is 4. The van der Waals surface area contributed by atoms with Crippen LogP contribution in [0.25, 0.3) is 10.9 Å². The highest BCUT2D eigenvalue weighted by molar-refractivity contribution is 9.10. The van der Waals surface area contributed by atoms with Gasteiger partial charge in [0.1, 0.15) is 17.5 Å². The topological polar surface area (TPSA) is 89.2 Å². The average molecular weight is 597 g/mol. The molecule has 0 radical (unpaired) electrons. The number of halogens is 1. The quantitative estimate of drug-likeness (QED) is 0.550. The van der Waals surface area contributed by atoms with Crippen LogP contribution in [0.15, 0.2) is 22.7 Å². The molecular formula is C26H38BrN5O4S. The van der Waals surface area contributed by atoms with Crippen LogP contribution >= 0.6 is 15.9 Å². The number of H-pyrrole nitrogens is 1. The molecule has 2 aromatic rings. The second-order valence-electron chi connectivity index (χ2n) is 10.7. The number of piperidine rings is 2. The fourth-order valence-electron chi connectivity index (χ4n) is 5.58. The number of hydrogen-bond donors (Lipinski definition) is 1. The lowest BCUT2D eigenvalue weighted by Crippen LogP contribution is -2.54. The maximum Gasteiger partial charge on any atom is 0.282 e. The number of hydrogen-bond acceptors (Lipinski definition) is 5. The van der Waals surface area contributed by atoms with E-state index in [0.29, 0.717) is 51.0 Å². The maximum atomic E-state index is 13.3. The normalized spacial score (nSPS) is 21.7. The smallest absolute Gasteiger partial charge is 0.282 e. The van der Waals surface area contributed by atoms with Crippen LogP contribution in [0.4, 0.5) is 0 Å². The fourth-order valence-corrected chi connectivity index (χ4v) is 7.69. The number of nitrogens with one attached hydrogen (secondary N) is 1. The number of ether oxygens (including phenoxy) is 1. The van der Waals surface area contributed by atoms with Gasteiger partial charge in [0, 0.05) is 69.3 Å². The summed E-state index contributed by atoms with van der Waals surface area (Å²) in [6.07, 6.45) is 5.09. The molecule has 3 aliphatic heterocycles. The average Bonchev–Trinajstić information content (AvgIpc) is 3.32. The Morgan fingerprint density at radius 3 is 2.24 bits per heavy atom. The van der Waals surface area contributed by atoms with Gasteiger partial charge in [-0.25, -0.2) is 0 Å². The number of likely N-dealkylation sites (tertiary alicyclic amines) is 1. The second kappa shape index (κ2) is 11.2. The van der Waals surface area contributed by atoms with E-state index >= 15 is 0 Å². The van der Waals surface area contributed by atoms with Crippen molar-refractivity contribution in [2.75, 3.05) is 52.4 Å². The summed E-state index contributed by atoms with van der Waals surface area (Å²) in [5.74, 6) is 0.691. The van der Waals surface area contributed by atoms with Gasteiger partial charge in [-0.1, -0.05) is 6.42 Å². The molecule has 0 spiro atoms. The molecule has 3 fully saturated rings.